The molecule has 7 nitrogen and oxygen atoms in total. The van der Waals surface area contributed by atoms with Crippen molar-refractivity contribution in [2.75, 3.05) is 42.3 Å². The van der Waals surface area contributed by atoms with Crippen LogP contribution >= 0.6 is 23.1 Å². The van der Waals surface area contributed by atoms with Crippen molar-refractivity contribution in [1.82, 2.24) is 9.55 Å². The van der Waals surface area contributed by atoms with Gasteiger partial charge in [0.05, 0.1) is 24.4 Å². The fraction of sp³-hybridized carbons (Fsp3) is 0.458. The van der Waals surface area contributed by atoms with Crippen LogP contribution < -0.4 is 15.8 Å². The minimum atomic E-state index is -0.117. The highest BCUT2D eigenvalue weighted by Crippen LogP contribution is 2.28. The summed E-state index contributed by atoms with van der Waals surface area (Å²) in [7, 11) is 0. The number of thioether (sulfide) groups is 1. The fourth-order valence-corrected chi connectivity index (χ4v) is 5.73. The van der Waals surface area contributed by atoms with Crippen LogP contribution in [0.5, 0.6) is 0 Å². The summed E-state index contributed by atoms with van der Waals surface area (Å²) in [5.74, 6) is 0.0765. The Morgan fingerprint density at radius 3 is 2.64 bits per heavy atom. The van der Waals surface area contributed by atoms with Gasteiger partial charge in [-0.15, -0.1) is 11.3 Å². The van der Waals surface area contributed by atoms with Crippen LogP contribution in [0.2, 0.25) is 0 Å². The van der Waals surface area contributed by atoms with Gasteiger partial charge in [-0.05, 0) is 50.1 Å². The lowest BCUT2D eigenvalue weighted by Gasteiger charge is -2.28. The second-order valence-electron chi connectivity index (χ2n) is 8.15. The molecule has 176 valence electrons. The number of nitrogens with one attached hydrogen (secondary N) is 1. The summed E-state index contributed by atoms with van der Waals surface area (Å²) < 4.78 is 7.14. The quantitative estimate of drug-likeness (QED) is 0.375. The lowest BCUT2D eigenvalue weighted by molar-refractivity contribution is -0.113. The van der Waals surface area contributed by atoms with Gasteiger partial charge in [0.25, 0.3) is 5.56 Å². The van der Waals surface area contributed by atoms with Crippen LogP contribution in [-0.4, -0.2) is 47.5 Å². The van der Waals surface area contributed by atoms with Crippen LogP contribution in [0.25, 0.3) is 10.2 Å². The van der Waals surface area contributed by atoms with Crippen LogP contribution in [0.1, 0.15) is 30.2 Å². The molecule has 2 aromatic heterocycles. The van der Waals surface area contributed by atoms with Crippen LogP contribution in [-0.2, 0) is 16.1 Å². The maximum atomic E-state index is 13.2. The Bertz CT molecular complexity index is 1180. The molecule has 0 radical (unpaired) electrons. The number of fused-ring (bicyclic) bond motifs is 1. The molecule has 33 heavy (non-hydrogen) atoms. The highest BCUT2D eigenvalue weighted by Gasteiger charge is 2.18. The van der Waals surface area contributed by atoms with Gasteiger partial charge in [-0.3, -0.25) is 14.2 Å². The van der Waals surface area contributed by atoms with E-state index < -0.39 is 0 Å². The summed E-state index contributed by atoms with van der Waals surface area (Å²) in [6, 6.07) is 7.89. The first kappa shape index (κ1) is 23.8. The second kappa shape index (κ2) is 10.7. The smallest absolute Gasteiger partial charge is 0.263 e. The van der Waals surface area contributed by atoms with Gasteiger partial charge < -0.3 is 15.0 Å². The number of morpholine rings is 1. The Morgan fingerprint density at radius 2 is 1.94 bits per heavy atom. The van der Waals surface area contributed by atoms with Gasteiger partial charge in [0, 0.05) is 35.9 Å². The van der Waals surface area contributed by atoms with E-state index in [9.17, 15) is 9.59 Å². The first-order chi connectivity index (χ1) is 16.0. The number of rotatable bonds is 8. The summed E-state index contributed by atoms with van der Waals surface area (Å²) >= 11 is 2.86. The van der Waals surface area contributed by atoms with Gasteiger partial charge in [0.2, 0.25) is 5.91 Å². The van der Waals surface area contributed by atoms with E-state index in [1.54, 1.807) is 4.57 Å². The number of benzene rings is 1. The zero-order valence-electron chi connectivity index (χ0n) is 19.3. The molecule has 0 bridgehead atoms. The first-order valence-corrected chi connectivity index (χ1v) is 13.1. The van der Waals surface area contributed by atoms with E-state index in [1.165, 1.54) is 23.1 Å². The maximum Gasteiger partial charge on any atom is 0.263 e. The van der Waals surface area contributed by atoms with Crippen molar-refractivity contribution in [3.8, 4) is 0 Å². The molecular weight excluding hydrogens is 456 g/mol. The third kappa shape index (κ3) is 5.42. The third-order valence-corrected chi connectivity index (χ3v) is 7.93. The van der Waals surface area contributed by atoms with E-state index in [-0.39, 0.29) is 17.2 Å². The van der Waals surface area contributed by atoms with Crippen molar-refractivity contribution >= 4 is 50.6 Å². The number of carbonyl (C=O) groups is 1. The first-order valence-electron chi connectivity index (χ1n) is 11.3. The number of hydrogen-bond donors (Lipinski definition) is 1. The molecule has 1 fully saturated rings. The van der Waals surface area contributed by atoms with Crippen molar-refractivity contribution in [2.45, 2.75) is 45.3 Å². The number of aryl methyl sites for hydroxylation is 2. The molecular formula is C24H30N4O3S2. The number of aromatic nitrogens is 2. The monoisotopic (exact) mass is 486 g/mol. The van der Waals surface area contributed by atoms with Gasteiger partial charge in [-0.25, -0.2) is 4.98 Å². The van der Waals surface area contributed by atoms with Crippen molar-refractivity contribution in [1.29, 1.82) is 0 Å². The molecule has 9 heteroatoms. The maximum absolute atomic E-state index is 13.2. The Morgan fingerprint density at radius 1 is 1.21 bits per heavy atom. The van der Waals surface area contributed by atoms with E-state index in [2.05, 4.69) is 17.1 Å². The fourth-order valence-electron chi connectivity index (χ4n) is 3.84. The van der Waals surface area contributed by atoms with Crippen molar-refractivity contribution in [2.24, 2.45) is 0 Å². The molecule has 4 rings (SSSR count). The average Bonchev–Trinajstić information content (AvgIpc) is 3.11. The number of hydrogen-bond acceptors (Lipinski definition) is 7. The molecule has 1 aliphatic rings. The normalized spacial score (nSPS) is 14.1. The summed E-state index contributed by atoms with van der Waals surface area (Å²) in [6.07, 6.45) is 1.88. The number of ether oxygens (including phenoxy) is 1. The number of unbranched alkanes of at least 4 members (excludes halogenated alkanes) is 1. The molecule has 0 aliphatic carbocycles. The zero-order valence-corrected chi connectivity index (χ0v) is 21.0. The Kier molecular flexibility index (Phi) is 7.72. The Balaban J connectivity index is 1.45. The summed E-state index contributed by atoms with van der Waals surface area (Å²) in [6.45, 7) is 9.94. The lowest BCUT2D eigenvalue weighted by atomic mass is 10.2. The van der Waals surface area contributed by atoms with E-state index in [4.69, 9.17) is 9.72 Å². The molecule has 3 aromatic rings. The zero-order chi connectivity index (χ0) is 23.4. The molecule has 0 unspecified atom stereocenters. The molecule has 1 aliphatic heterocycles. The largest absolute Gasteiger partial charge is 0.378 e. The van der Waals surface area contributed by atoms with Crippen molar-refractivity contribution in [3.05, 3.63) is 45.1 Å². The number of amides is 1. The minimum Gasteiger partial charge on any atom is -0.378 e. The molecule has 0 atom stereocenters. The van der Waals surface area contributed by atoms with E-state index >= 15 is 0 Å². The predicted molar refractivity (Wildman–Crippen MR) is 137 cm³/mol. The Labute approximate surface area is 202 Å². The van der Waals surface area contributed by atoms with Crippen LogP contribution in [0.15, 0.2) is 34.2 Å². The minimum absolute atomic E-state index is 0.00286. The van der Waals surface area contributed by atoms with E-state index in [0.717, 1.165) is 65.8 Å². The third-order valence-electron chi connectivity index (χ3n) is 5.85. The second-order valence-corrected chi connectivity index (χ2v) is 10.3. The molecule has 1 N–H and O–H groups in total. The van der Waals surface area contributed by atoms with E-state index in [1.807, 2.05) is 38.1 Å². The van der Waals surface area contributed by atoms with Gasteiger partial charge in [-0.1, -0.05) is 25.1 Å². The number of anilines is 2. The van der Waals surface area contributed by atoms with Crippen LogP contribution in [0.3, 0.4) is 0 Å². The van der Waals surface area contributed by atoms with E-state index in [0.29, 0.717) is 17.1 Å². The van der Waals surface area contributed by atoms with Gasteiger partial charge in [0.15, 0.2) is 5.16 Å². The molecule has 0 spiro atoms. The highest BCUT2D eigenvalue weighted by atomic mass is 32.2. The summed E-state index contributed by atoms with van der Waals surface area (Å²) in [5.41, 5.74) is 2.89. The number of carbonyl (C=O) groups excluding carboxylic acids is 1. The molecule has 1 amide bonds. The molecule has 0 saturated carbocycles. The predicted octanol–water partition coefficient (Wildman–Crippen LogP) is 4.44. The standard InChI is InChI=1S/C24H30N4O3S2/c1-4-5-10-28-23(30)21-16(2)17(3)33-22(21)26-24(28)32-15-20(29)25-18-6-8-19(9-7-18)27-11-13-31-14-12-27/h6-9H,4-5,10-15H2,1-3H3,(H,25,29). The lowest BCUT2D eigenvalue weighted by Crippen LogP contribution is -2.36. The van der Waals surface area contributed by atoms with Crippen molar-refractivity contribution < 1.29 is 9.53 Å². The van der Waals surface area contributed by atoms with Gasteiger partial charge >= 0.3 is 0 Å². The average molecular weight is 487 g/mol. The molecule has 1 aromatic carbocycles. The van der Waals surface area contributed by atoms with Crippen molar-refractivity contribution in [3.63, 3.8) is 0 Å². The highest BCUT2D eigenvalue weighted by molar-refractivity contribution is 7.99. The van der Waals surface area contributed by atoms with Crippen LogP contribution in [0.4, 0.5) is 11.4 Å². The summed E-state index contributed by atoms with van der Waals surface area (Å²) in [5, 5.41) is 4.28. The number of nitrogens with zero attached hydrogens (tertiary/aromatic N) is 3. The Hall–Kier alpha value is -2.36. The topological polar surface area (TPSA) is 76.5 Å². The molecule has 3 heterocycles. The van der Waals surface area contributed by atoms with Gasteiger partial charge in [-0.2, -0.15) is 0 Å². The SMILES string of the molecule is CCCCn1c(SCC(=O)Nc2ccc(N3CCOCC3)cc2)nc2sc(C)c(C)c2c1=O. The number of thiophene rings is 1. The summed E-state index contributed by atoms with van der Waals surface area (Å²) in [4.78, 5) is 34.7. The van der Waals surface area contributed by atoms with Crippen LogP contribution in [0, 0.1) is 13.8 Å². The molecule has 1 saturated heterocycles. The van der Waals surface area contributed by atoms with Gasteiger partial charge in [0.1, 0.15) is 4.83 Å².